The third-order valence-electron chi connectivity index (χ3n) is 2.74. The van der Waals surface area contributed by atoms with Gasteiger partial charge in [0.1, 0.15) is 29.7 Å². The van der Waals surface area contributed by atoms with Gasteiger partial charge in [-0.15, -0.1) is 0 Å². The van der Waals surface area contributed by atoms with E-state index >= 15 is 0 Å². The molecule has 0 bridgehead atoms. The topological polar surface area (TPSA) is 83.4 Å². The van der Waals surface area contributed by atoms with Crippen molar-refractivity contribution in [3.63, 3.8) is 0 Å². The van der Waals surface area contributed by atoms with E-state index in [9.17, 15) is 4.39 Å². The Balaban J connectivity index is 3.37. The zero-order chi connectivity index (χ0) is 16.2. The van der Waals surface area contributed by atoms with Crippen molar-refractivity contribution >= 4 is 21.6 Å². The molecule has 1 aromatic carbocycles. The van der Waals surface area contributed by atoms with E-state index in [4.69, 9.17) is 15.8 Å². The number of rotatable bonds is 2. The first-order chi connectivity index (χ1) is 9.74. The molecule has 0 atom stereocenters. The molecule has 0 aliphatic rings. The number of allylic oxidation sites excluding steroid dienone is 2. The monoisotopic (exact) mass is 346 g/mol. The van der Waals surface area contributed by atoms with Gasteiger partial charge in [0.05, 0.1) is 5.69 Å². The molecule has 0 aromatic heterocycles. The molecule has 0 aliphatic carbocycles. The van der Waals surface area contributed by atoms with Crippen LogP contribution < -0.4 is 5.32 Å². The highest BCUT2D eigenvalue weighted by molar-refractivity contribution is 9.10. The van der Waals surface area contributed by atoms with Crippen molar-refractivity contribution in [3.8, 4) is 18.2 Å². The zero-order valence-corrected chi connectivity index (χ0v) is 13.3. The van der Waals surface area contributed by atoms with Crippen LogP contribution >= 0.6 is 15.9 Å². The van der Waals surface area contributed by atoms with Gasteiger partial charge in [0.2, 0.25) is 0 Å². The summed E-state index contributed by atoms with van der Waals surface area (Å²) >= 11 is 3.24. The fourth-order valence-corrected chi connectivity index (χ4v) is 2.07. The van der Waals surface area contributed by atoms with Crippen molar-refractivity contribution in [2.75, 3.05) is 5.32 Å². The van der Waals surface area contributed by atoms with E-state index in [1.165, 1.54) is 6.07 Å². The van der Waals surface area contributed by atoms with E-state index in [2.05, 4.69) is 21.2 Å². The van der Waals surface area contributed by atoms with Crippen molar-refractivity contribution in [1.82, 2.24) is 0 Å². The van der Waals surface area contributed by atoms with Gasteiger partial charge in [0, 0.05) is 4.47 Å². The Morgan fingerprint density at radius 3 is 2.10 bits per heavy atom. The standard InChI is InChI=1S/C15H12BrFN4/c1-15(2,3)10-4-11(16)14(12(17)5-10)21-13(8-20)9(6-18)7-19/h4-5,21H,1-3H3. The van der Waals surface area contributed by atoms with Crippen LogP contribution in [0, 0.1) is 39.8 Å². The minimum Gasteiger partial charge on any atom is -0.342 e. The lowest BCUT2D eigenvalue weighted by atomic mass is 9.87. The molecule has 0 saturated carbocycles. The minimum absolute atomic E-state index is 0.0162. The van der Waals surface area contributed by atoms with Crippen molar-refractivity contribution in [3.05, 3.63) is 39.3 Å². The molecule has 0 aliphatic heterocycles. The van der Waals surface area contributed by atoms with Gasteiger partial charge in [-0.2, -0.15) is 15.8 Å². The average Bonchev–Trinajstić information content (AvgIpc) is 2.40. The summed E-state index contributed by atoms with van der Waals surface area (Å²) < 4.78 is 14.6. The number of halogens is 2. The van der Waals surface area contributed by atoms with Gasteiger partial charge >= 0.3 is 0 Å². The summed E-state index contributed by atoms with van der Waals surface area (Å²) in [6, 6.07) is 7.97. The summed E-state index contributed by atoms with van der Waals surface area (Å²) in [5.74, 6) is -0.572. The quantitative estimate of drug-likeness (QED) is 0.816. The molecule has 1 rings (SSSR count). The normalized spacial score (nSPS) is 10.0. The highest BCUT2D eigenvalue weighted by Gasteiger charge is 2.19. The molecule has 0 amide bonds. The second-order valence-electron chi connectivity index (χ2n) is 5.28. The molecular weight excluding hydrogens is 335 g/mol. The fraction of sp³-hybridized carbons (Fsp3) is 0.267. The SMILES string of the molecule is CC(C)(C)c1cc(F)c(NC(C#N)=C(C#N)C#N)c(Br)c1. The second kappa shape index (κ2) is 6.39. The summed E-state index contributed by atoms with van der Waals surface area (Å²) in [4.78, 5) is 0. The third-order valence-corrected chi connectivity index (χ3v) is 3.37. The van der Waals surface area contributed by atoms with Gasteiger partial charge in [-0.1, -0.05) is 20.8 Å². The highest BCUT2D eigenvalue weighted by atomic mass is 79.9. The summed E-state index contributed by atoms with van der Waals surface area (Å²) in [6.07, 6.45) is 0. The average molecular weight is 347 g/mol. The molecule has 4 nitrogen and oxygen atoms in total. The lowest BCUT2D eigenvalue weighted by Gasteiger charge is -2.21. The maximum Gasteiger partial charge on any atom is 0.163 e. The Kier molecular flexibility index (Phi) is 5.08. The summed E-state index contributed by atoms with van der Waals surface area (Å²) in [6.45, 7) is 5.85. The zero-order valence-electron chi connectivity index (χ0n) is 11.8. The molecule has 0 fully saturated rings. The molecule has 106 valence electrons. The van der Waals surface area contributed by atoms with Crippen LogP contribution in [0.25, 0.3) is 0 Å². The minimum atomic E-state index is -0.572. The Bertz CT molecular complexity index is 685. The first-order valence-corrected chi connectivity index (χ1v) is 6.75. The van der Waals surface area contributed by atoms with Crippen molar-refractivity contribution in [2.24, 2.45) is 0 Å². The first-order valence-electron chi connectivity index (χ1n) is 5.95. The van der Waals surface area contributed by atoms with Crippen LogP contribution in [0.1, 0.15) is 26.3 Å². The lowest BCUT2D eigenvalue weighted by molar-refractivity contribution is 0.573. The third kappa shape index (κ3) is 3.81. The smallest absolute Gasteiger partial charge is 0.163 e. The number of nitriles is 3. The summed E-state index contributed by atoms with van der Waals surface area (Å²) in [5, 5.41) is 29.0. The maximum atomic E-state index is 14.2. The van der Waals surface area contributed by atoms with Gasteiger partial charge < -0.3 is 5.32 Å². The predicted octanol–water partition coefficient (Wildman–Crippen LogP) is 4.12. The number of benzene rings is 1. The summed E-state index contributed by atoms with van der Waals surface area (Å²) in [5.41, 5.74) is -0.129. The van der Waals surface area contributed by atoms with E-state index in [0.717, 1.165) is 5.56 Å². The van der Waals surface area contributed by atoms with E-state index in [1.807, 2.05) is 20.8 Å². The summed E-state index contributed by atoms with van der Waals surface area (Å²) in [7, 11) is 0. The number of nitrogens with zero attached hydrogens (tertiary/aromatic N) is 3. The maximum absolute atomic E-state index is 14.2. The van der Waals surface area contributed by atoms with Gasteiger partial charge in [-0.3, -0.25) is 0 Å². The molecule has 0 spiro atoms. The number of hydrogen-bond acceptors (Lipinski definition) is 4. The van der Waals surface area contributed by atoms with Gasteiger partial charge in [-0.05, 0) is 39.0 Å². The van der Waals surface area contributed by atoms with Gasteiger partial charge in [0.15, 0.2) is 5.57 Å². The van der Waals surface area contributed by atoms with Crippen LogP contribution in [-0.2, 0) is 5.41 Å². The molecule has 0 radical (unpaired) electrons. The van der Waals surface area contributed by atoms with Gasteiger partial charge in [0.25, 0.3) is 0 Å². The molecule has 0 heterocycles. The van der Waals surface area contributed by atoms with Crippen molar-refractivity contribution < 1.29 is 4.39 Å². The Morgan fingerprint density at radius 2 is 1.71 bits per heavy atom. The molecule has 0 unspecified atom stereocenters. The molecule has 6 heteroatoms. The molecule has 1 aromatic rings. The van der Waals surface area contributed by atoms with Crippen molar-refractivity contribution in [1.29, 1.82) is 15.8 Å². The van der Waals surface area contributed by atoms with E-state index < -0.39 is 11.4 Å². The Hall–Kier alpha value is -2.36. The molecule has 0 saturated heterocycles. The Labute approximate surface area is 131 Å². The van der Waals surface area contributed by atoms with Gasteiger partial charge in [-0.25, -0.2) is 4.39 Å². The number of anilines is 1. The predicted molar refractivity (Wildman–Crippen MR) is 80.3 cm³/mol. The first kappa shape index (κ1) is 16.7. The van der Waals surface area contributed by atoms with E-state index in [0.29, 0.717) is 4.47 Å². The van der Waals surface area contributed by atoms with Crippen LogP contribution in [0.2, 0.25) is 0 Å². The molecule has 1 N–H and O–H groups in total. The van der Waals surface area contributed by atoms with E-state index in [-0.39, 0.29) is 16.8 Å². The fourth-order valence-electron chi connectivity index (χ4n) is 1.53. The van der Waals surface area contributed by atoms with Crippen molar-refractivity contribution in [2.45, 2.75) is 26.2 Å². The second-order valence-corrected chi connectivity index (χ2v) is 6.13. The van der Waals surface area contributed by atoms with Crippen LogP contribution in [0.3, 0.4) is 0 Å². The van der Waals surface area contributed by atoms with Crippen LogP contribution in [0.4, 0.5) is 10.1 Å². The van der Waals surface area contributed by atoms with Crippen LogP contribution in [0.15, 0.2) is 27.9 Å². The van der Waals surface area contributed by atoms with Crippen LogP contribution in [0.5, 0.6) is 0 Å². The lowest BCUT2D eigenvalue weighted by Crippen LogP contribution is -2.12. The number of nitrogens with one attached hydrogen (secondary N) is 1. The van der Waals surface area contributed by atoms with E-state index in [1.54, 1.807) is 24.3 Å². The molecular formula is C15H12BrFN4. The Morgan fingerprint density at radius 1 is 1.14 bits per heavy atom. The van der Waals surface area contributed by atoms with Crippen LogP contribution in [-0.4, -0.2) is 0 Å². The number of hydrogen-bond donors (Lipinski definition) is 1. The molecule has 21 heavy (non-hydrogen) atoms. The highest BCUT2D eigenvalue weighted by Crippen LogP contribution is 2.33. The largest absolute Gasteiger partial charge is 0.342 e.